The molecule has 0 radical (unpaired) electrons. The summed E-state index contributed by atoms with van der Waals surface area (Å²) >= 11 is 6.80. The van der Waals surface area contributed by atoms with Gasteiger partial charge in [0.15, 0.2) is 5.82 Å². The van der Waals surface area contributed by atoms with Crippen LogP contribution in [0.4, 0.5) is 5.82 Å². The van der Waals surface area contributed by atoms with Gasteiger partial charge in [-0.05, 0) is 49.6 Å². The molecule has 0 atom stereocenters. The Morgan fingerprint density at radius 3 is 2.70 bits per heavy atom. The van der Waals surface area contributed by atoms with Crippen LogP contribution in [0.25, 0.3) is 0 Å². The first-order chi connectivity index (χ1) is 9.60. The molecule has 0 bridgehead atoms. The Hall–Kier alpha value is -1.74. The summed E-state index contributed by atoms with van der Waals surface area (Å²) in [6.07, 6.45) is 2.94. The van der Waals surface area contributed by atoms with E-state index in [1.165, 1.54) is 6.20 Å². The van der Waals surface area contributed by atoms with Crippen LogP contribution in [0.5, 0.6) is 5.75 Å². The minimum atomic E-state index is -0.542. The lowest BCUT2D eigenvalue weighted by Gasteiger charge is -2.06. The van der Waals surface area contributed by atoms with E-state index in [2.05, 4.69) is 57.6 Å². The lowest BCUT2D eigenvalue weighted by Crippen LogP contribution is -2.13. The third-order valence-corrected chi connectivity index (χ3v) is 3.36. The molecular formula is C11H9Br2N5O2. The summed E-state index contributed by atoms with van der Waals surface area (Å²) in [5.74, 6) is 0.965. The molecule has 1 aromatic heterocycles. The maximum atomic E-state index is 10.9. The number of hydrogen-bond acceptors (Lipinski definition) is 6. The Kier molecular flexibility index (Phi) is 4.85. The van der Waals surface area contributed by atoms with Crippen molar-refractivity contribution in [3.8, 4) is 5.75 Å². The van der Waals surface area contributed by atoms with Crippen molar-refractivity contribution in [2.75, 3.05) is 12.5 Å². The van der Waals surface area contributed by atoms with Crippen molar-refractivity contribution < 1.29 is 4.74 Å². The Morgan fingerprint density at radius 2 is 2.10 bits per heavy atom. The van der Waals surface area contributed by atoms with E-state index >= 15 is 0 Å². The highest BCUT2D eigenvalue weighted by Crippen LogP contribution is 2.33. The fourth-order valence-electron chi connectivity index (χ4n) is 1.39. The first-order valence-electron chi connectivity index (χ1n) is 5.34. The number of hydrazone groups is 1. The lowest BCUT2D eigenvalue weighted by atomic mass is 10.2. The van der Waals surface area contributed by atoms with Gasteiger partial charge < -0.3 is 4.74 Å². The molecule has 1 aromatic carbocycles. The van der Waals surface area contributed by atoms with Gasteiger partial charge in [-0.1, -0.05) is 0 Å². The van der Waals surface area contributed by atoms with E-state index in [0.717, 1.165) is 14.5 Å². The Labute approximate surface area is 130 Å². The normalized spacial score (nSPS) is 10.8. The third kappa shape index (κ3) is 3.64. The number of anilines is 1. The van der Waals surface area contributed by atoms with Gasteiger partial charge in [0, 0.05) is 0 Å². The molecule has 0 amide bonds. The van der Waals surface area contributed by atoms with E-state index in [-0.39, 0.29) is 5.82 Å². The molecule has 0 unspecified atom stereocenters. The SMILES string of the molecule is COc1c(Br)cc(/C=N/Nc2cn[nH]c(=O)n2)cc1Br. The summed E-state index contributed by atoms with van der Waals surface area (Å²) in [5.41, 5.74) is 2.90. The van der Waals surface area contributed by atoms with Gasteiger partial charge >= 0.3 is 5.69 Å². The van der Waals surface area contributed by atoms with Crippen LogP contribution >= 0.6 is 31.9 Å². The van der Waals surface area contributed by atoms with Gasteiger partial charge in [0.1, 0.15) is 5.75 Å². The molecule has 20 heavy (non-hydrogen) atoms. The topological polar surface area (TPSA) is 92.3 Å². The summed E-state index contributed by atoms with van der Waals surface area (Å²) in [6, 6.07) is 3.69. The average Bonchev–Trinajstić information content (AvgIpc) is 2.38. The molecule has 0 fully saturated rings. The largest absolute Gasteiger partial charge is 0.494 e. The van der Waals surface area contributed by atoms with E-state index in [1.807, 2.05) is 12.1 Å². The van der Waals surface area contributed by atoms with Crippen LogP contribution in [-0.4, -0.2) is 28.5 Å². The van der Waals surface area contributed by atoms with E-state index in [4.69, 9.17) is 4.74 Å². The van der Waals surface area contributed by atoms with Crippen molar-refractivity contribution in [3.63, 3.8) is 0 Å². The standard InChI is InChI=1S/C11H9Br2N5O2/c1-20-10-7(12)2-6(3-8(10)13)4-14-17-9-5-15-18-11(19)16-9/h2-5H,1H3,(H2,16,17,18,19)/b14-4+. The van der Waals surface area contributed by atoms with Crippen LogP contribution in [0.1, 0.15) is 5.56 Å². The number of aromatic nitrogens is 3. The van der Waals surface area contributed by atoms with Gasteiger partial charge in [0.25, 0.3) is 0 Å². The van der Waals surface area contributed by atoms with Gasteiger partial charge in [-0.25, -0.2) is 9.89 Å². The maximum Gasteiger partial charge on any atom is 0.363 e. The van der Waals surface area contributed by atoms with Crippen molar-refractivity contribution in [3.05, 3.63) is 43.3 Å². The molecule has 9 heteroatoms. The first-order valence-corrected chi connectivity index (χ1v) is 6.92. The highest BCUT2D eigenvalue weighted by molar-refractivity contribution is 9.11. The van der Waals surface area contributed by atoms with Crippen molar-refractivity contribution in [2.24, 2.45) is 5.10 Å². The Morgan fingerprint density at radius 1 is 1.40 bits per heavy atom. The smallest absolute Gasteiger partial charge is 0.363 e. The Bertz CT molecular complexity index is 678. The number of nitrogens with zero attached hydrogens (tertiary/aromatic N) is 3. The number of benzene rings is 1. The highest BCUT2D eigenvalue weighted by Gasteiger charge is 2.06. The zero-order valence-electron chi connectivity index (χ0n) is 10.2. The average molecular weight is 403 g/mol. The number of nitrogens with one attached hydrogen (secondary N) is 2. The summed E-state index contributed by atoms with van der Waals surface area (Å²) in [7, 11) is 1.59. The molecule has 7 nitrogen and oxygen atoms in total. The number of aromatic amines is 1. The summed E-state index contributed by atoms with van der Waals surface area (Å²) in [4.78, 5) is 14.6. The zero-order chi connectivity index (χ0) is 14.5. The molecule has 104 valence electrons. The molecule has 0 aliphatic heterocycles. The van der Waals surface area contributed by atoms with Crippen LogP contribution in [0.3, 0.4) is 0 Å². The van der Waals surface area contributed by atoms with E-state index in [9.17, 15) is 4.79 Å². The molecule has 1 heterocycles. The summed E-state index contributed by atoms with van der Waals surface area (Å²) in [6.45, 7) is 0. The molecule has 0 aliphatic rings. The van der Waals surface area contributed by atoms with Crippen molar-refractivity contribution in [1.29, 1.82) is 0 Å². The lowest BCUT2D eigenvalue weighted by molar-refractivity contribution is 0.409. The van der Waals surface area contributed by atoms with Crippen LogP contribution in [0, 0.1) is 0 Å². The maximum absolute atomic E-state index is 10.9. The molecule has 0 saturated heterocycles. The minimum absolute atomic E-state index is 0.261. The fourth-order valence-corrected chi connectivity index (χ4v) is 2.93. The minimum Gasteiger partial charge on any atom is -0.494 e. The monoisotopic (exact) mass is 401 g/mol. The number of rotatable bonds is 4. The predicted molar refractivity (Wildman–Crippen MR) is 82.3 cm³/mol. The van der Waals surface area contributed by atoms with Gasteiger partial charge in [0.05, 0.1) is 28.5 Å². The van der Waals surface area contributed by atoms with Crippen LogP contribution in [-0.2, 0) is 0 Å². The molecule has 2 N–H and O–H groups in total. The number of H-pyrrole nitrogens is 1. The summed E-state index contributed by atoms with van der Waals surface area (Å²) in [5, 5.41) is 9.74. The van der Waals surface area contributed by atoms with Crippen molar-refractivity contribution >= 4 is 43.9 Å². The van der Waals surface area contributed by atoms with Crippen LogP contribution in [0.2, 0.25) is 0 Å². The molecular weight excluding hydrogens is 394 g/mol. The second kappa shape index (κ2) is 6.62. The quantitative estimate of drug-likeness (QED) is 0.603. The molecule has 0 aliphatic carbocycles. The summed E-state index contributed by atoms with van der Waals surface area (Å²) < 4.78 is 6.80. The number of methoxy groups -OCH3 is 1. The van der Waals surface area contributed by atoms with Crippen molar-refractivity contribution in [1.82, 2.24) is 15.2 Å². The highest BCUT2D eigenvalue weighted by atomic mass is 79.9. The van der Waals surface area contributed by atoms with Gasteiger partial charge in [-0.3, -0.25) is 5.43 Å². The van der Waals surface area contributed by atoms with E-state index in [0.29, 0.717) is 5.75 Å². The van der Waals surface area contributed by atoms with Crippen LogP contribution in [0.15, 0.2) is 37.2 Å². The van der Waals surface area contributed by atoms with Crippen LogP contribution < -0.4 is 15.9 Å². The third-order valence-electron chi connectivity index (χ3n) is 2.19. The zero-order valence-corrected chi connectivity index (χ0v) is 13.4. The Balaban J connectivity index is 2.14. The predicted octanol–water partition coefficient (Wildman–Crippen LogP) is 2.14. The molecule has 2 aromatic rings. The van der Waals surface area contributed by atoms with Crippen molar-refractivity contribution in [2.45, 2.75) is 0 Å². The van der Waals surface area contributed by atoms with Gasteiger partial charge in [-0.15, -0.1) is 0 Å². The molecule has 2 rings (SSSR count). The molecule has 0 saturated carbocycles. The number of ether oxygens (including phenoxy) is 1. The van der Waals surface area contributed by atoms with Gasteiger partial charge in [-0.2, -0.15) is 15.2 Å². The number of halogens is 2. The second-order valence-electron chi connectivity index (χ2n) is 3.56. The second-order valence-corrected chi connectivity index (χ2v) is 5.27. The van der Waals surface area contributed by atoms with E-state index in [1.54, 1.807) is 13.3 Å². The first kappa shape index (κ1) is 14.7. The number of hydrogen-bond donors (Lipinski definition) is 2. The molecule has 0 spiro atoms. The fraction of sp³-hybridized carbons (Fsp3) is 0.0909. The van der Waals surface area contributed by atoms with E-state index < -0.39 is 5.69 Å². The van der Waals surface area contributed by atoms with Gasteiger partial charge in [0.2, 0.25) is 0 Å².